The van der Waals surface area contributed by atoms with Gasteiger partial charge in [-0.2, -0.15) is 0 Å². The SMILES string of the molecule is COC(=O)c1cc(CNC(=O)CCc2ccc3ccccc3c2)oc1C. The summed E-state index contributed by atoms with van der Waals surface area (Å²) in [7, 11) is 1.32. The van der Waals surface area contributed by atoms with Crippen LogP contribution in [0.4, 0.5) is 0 Å². The van der Waals surface area contributed by atoms with Crippen molar-refractivity contribution < 1.29 is 18.7 Å². The molecule has 0 spiro atoms. The minimum Gasteiger partial charge on any atom is -0.465 e. The van der Waals surface area contributed by atoms with Crippen LogP contribution in [-0.4, -0.2) is 19.0 Å². The van der Waals surface area contributed by atoms with Gasteiger partial charge in [0, 0.05) is 6.42 Å². The molecule has 2 aromatic carbocycles. The Labute approximate surface area is 152 Å². The lowest BCUT2D eigenvalue weighted by molar-refractivity contribution is -0.121. The van der Waals surface area contributed by atoms with Crippen molar-refractivity contribution in [2.75, 3.05) is 7.11 Å². The number of esters is 1. The molecule has 0 aliphatic heterocycles. The van der Waals surface area contributed by atoms with E-state index in [1.165, 1.54) is 17.9 Å². The van der Waals surface area contributed by atoms with E-state index in [1.807, 2.05) is 18.2 Å². The molecule has 5 heteroatoms. The maximum atomic E-state index is 12.1. The first-order valence-electron chi connectivity index (χ1n) is 8.49. The largest absolute Gasteiger partial charge is 0.465 e. The molecule has 0 atom stereocenters. The van der Waals surface area contributed by atoms with E-state index >= 15 is 0 Å². The van der Waals surface area contributed by atoms with E-state index in [2.05, 4.69) is 34.3 Å². The summed E-state index contributed by atoms with van der Waals surface area (Å²) in [5.41, 5.74) is 1.51. The van der Waals surface area contributed by atoms with E-state index in [0.29, 0.717) is 29.9 Å². The lowest BCUT2D eigenvalue weighted by atomic mass is 10.0. The number of hydrogen-bond donors (Lipinski definition) is 1. The molecule has 1 heterocycles. The van der Waals surface area contributed by atoms with Crippen molar-refractivity contribution in [2.24, 2.45) is 0 Å². The van der Waals surface area contributed by atoms with Gasteiger partial charge in [0.2, 0.25) is 5.91 Å². The molecule has 0 aliphatic rings. The number of carbonyl (C=O) groups excluding carboxylic acids is 2. The Kier molecular flexibility index (Phi) is 5.37. The average molecular weight is 351 g/mol. The Bertz CT molecular complexity index is 942. The van der Waals surface area contributed by atoms with Crippen LogP contribution in [0.2, 0.25) is 0 Å². The highest BCUT2D eigenvalue weighted by Crippen LogP contribution is 2.17. The number of rotatable bonds is 6. The van der Waals surface area contributed by atoms with Crippen LogP contribution in [0.15, 0.2) is 52.9 Å². The van der Waals surface area contributed by atoms with Gasteiger partial charge in [0.05, 0.1) is 13.7 Å². The lowest BCUT2D eigenvalue weighted by Crippen LogP contribution is -2.22. The van der Waals surface area contributed by atoms with E-state index in [9.17, 15) is 9.59 Å². The van der Waals surface area contributed by atoms with Crippen molar-refractivity contribution in [3.63, 3.8) is 0 Å². The fraction of sp³-hybridized carbons (Fsp3) is 0.238. The van der Waals surface area contributed by atoms with Crippen molar-refractivity contribution in [3.8, 4) is 0 Å². The Hall–Kier alpha value is -3.08. The highest BCUT2D eigenvalue weighted by atomic mass is 16.5. The van der Waals surface area contributed by atoms with Crippen molar-refractivity contribution in [3.05, 3.63) is 71.2 Å². The second kappa shape index (κ2) is 7.87. The molecule has 0 unspecified atom stereocenters. The predicted molar refractivity (Wildman–Crippen MR) is 98.9 cm³/mol. The van der Waals surface area contributed by atoms with Gasteiger partial charge in [-0.05, 0) is 35.7 Å². The first-order valence-corrected chi connectivity index (χ1v) is 8.49. The number of furan rings is 1. The fourth-order valence-corrected chi connectivity index (χ4v) is 2.87. The third kappa shape index (κ3) is 4.11. The van der Waals surface area contributed by atoms with Crippen molar-refractivity contribution >= 4 is 22.6 Å². The number of benzene rings is 2. The maximum absolute atomic E-state index is 12.1. The van der Waals surface area contributed by atoms with Crippen molar-refractivity contribution in [1.29, 1.82) is 0 Å². The average Bonchev–Trinajstić information content (AvgIpc) is 3.04. The Morgan fingerprint density at radius 1 is 1.08 bits per heavy atom. The number of nitrogens with one attached hydrogen (secondary N) is 1. The van der Waals surface area contributed by atoms with Gasteiger partial charge >= 0.3 is 5.97 Å². The van der Waals surface area contributed by atoms with E-state index in [0.717, 1.165) is 5.56 Å². The number of amides is 1. The molecule has 1 N–H and O–H groups in total. The summed E-state index contributed by atoms with van der Waals surface area (Å²) in [6.07, 6.45) is 1.06. The molecule has 0 radical (unpaired) electrons. The second-order valence-corrected chi connectivity index (χ2v) is 6.13. The second-order valence-electron chi connectivity index (χ2n) is 6.13. The van der Waals surface area contributed by atoms with Gasteiger partial charge in [-0.15, -0.1) is 0 Å². The van der Waals surface area contributed by atoms with Gasteiger partial charge in [-0.1, -0.05) is 42.5 Å². The molecule has 0 fully saturated rings. The van der Waals surface area contributed by atoms with Crippen LogP contribution in [0.5, 0.6) is 0 Å². The number of ether oxygens (including phenoxy) is 1. The van der Waals surface area contributed by atoms with E-state index in [4.69, 9.17) is 4.42 Å². The molecule has 134 valence electrons. The number of hydrogen-bond acceptors (Lipinski definition) is 4. The zero-order valence-corrected chi connectivity index (χ0v) is 14.9. The molecule has 1 aromatic heterocycles. The van der Waals surface area contributed by atoms with Crippen LogP contribution in [-0.2, 0) is 22.5 Å². The van der Waals surface area contributed by atoms with Crippen LogP contribution in [0.3, 0.4) is 0 Å². The minimum absolute atomic E-state index is 0.0631. The number of aryl methyl sites for hydroxylation is 2. The minimum atomic E-state index is -0.444. The molecule has 0 saturated carbocycles. The van der Waals surface area contributed by atoms with E-state index in [1.54, 1.807) is 13.0 Å². The maximum Gasteiger partial charge on any atom is 0.341 e. The van der Waals surface area contributed by atoms with E-state index < -0.39 is 5.97 Å². The van der Waals surface area contributed by atoms with Crippen LogP contribution in [0, 0.1) is 6.92 Å². The summed E-state index contributed by atoms with van der Waals surface area (Å²) in [6, 6.07) is 16.0. The normalized spacial score (nSPS) is 10.7. The quantitative estimate of drug-likeness (QED) is 0.686. The zero-order valence-electron chi connectivity index (χ0n) is 14.9. The van der Waals surface area contributed by atoms with Gasteiger partial charge in [-0.3, -0.25) is 4.79 Å². The third-order valence-electron chi connectivity index (χ3n) is 4.29. The molecule has 5 nitrogen and oxygen atoms in total. The number of carbonyl (C=O) groups is 2. The van der Waals surface area contributed by atoms with Crippen LogP contribution < -0.4 is 5.32 Å². The van der Waals surface area contributed by atoms with Crippen LogP contribution in [0.25, 0.3) is 10.8 Å². The van der Waals surface area contributed by atoms with Gasteiger partial charge < -0.3 is 14.5 Å². The smallest absolute Gasteiger partial charge is 0.341 e. The summed E-state index contributed by atoms with van der Waals surface area (Å²) in [6.45, 7) is 1.94. The van der Waals surface area contributed by atoms with Crippen LogP contribution in [0.1, 0.15) is 33.9 Å². The highest BCUT2D eigenvalue weighted by molar-refractivity contribution is 5.90. The molecule has 0 aliphatic carbocycles. The molecule has 0 saturated heterocycles. The van der Waals surface area contributed by atoms with E-state index in [-0.39, 0.29) is 12.5 Å². The number of methoxy groups -OCH3 is 1. The molecular formula is C21H21NO4. The fourth-order valence-electron chi connectivity index (χ4n) is 2.87. The molecule has 3 rings (SSSR count). The summed E-state index contributed by atoms with van der Waals surface area (Å²) in [5.74, 6) is 0.506. The van der Waals surface area contributed by atoms with Gasteiger partial charge in [0.15, 0.2) is 0 Å². The molecule has 0 bridgehead atoms. The first-order chi connectivity index (χ1) is 12.6. The number of fused-ring (bicyclic) bond motifs is 1. The highest BCUT2D eigenvalue weighted by Gasteiger charge is 2.15. The third-order valence-corrected chi connectivity index (χ3v) is 4.29. The lowest BCUT2D eigenvalue weighted by Gasteiger charge is -2.05. The molecule has 1 amide bonds. The topological polar surface area (TPSA) is 68.5 Å². The predicted octanol–water partition coefficient (Wildman–Crippen LogP) is 3.78. The standard InChI is InChI=1S/C21H21NO4/c1-14-19(21(24)25-2)12-18(26-14)13-22-20(23)10-8-15-7-9-16-5-3-4-6-17(16)11-15/h3-7,9,11-12H,8,10,13H2,1-2H3,(H,22,23). The summed E-state index contributed by atoms with van der Waals surface area (Å²) >= 11 is 0. The Balaban J connectivity index is 1.53. The van der Waals surface area contributed by atoms with Crippen LogP contribution >= 0.6 is 0 Å². The Morgan fingerprint density at radius 3 is 2.62 bits per heavy atom. The van der Waals surface area contributed by atoms with Crippen molar-refractivity contribution in [2.45, 2.75) is 26.3 Å². The molecular weight excluding hydrogens is 330 g/mol. The summed E-state index contributed by atoms with van der Waals surface area (Å²) < 4.78 is 10.2. The first kappa shape index (κ1) is 17.7. The monoisotopic (exact) mass is 351 g/mol. The zero-order chi connectivity index (χ0) is 18.5. The molecule has 3 aromatic rings. The summed E-state index contributed by atoms with van der Waals surface area (Å²) in [5, 5.41) is 5.18. The Morgan fingerprint density at radius 2 is 1.85 bits per heavy atom. The van der Waals surface area contributed by atoms with Crippen molar-refractivity contribution in [1.82, 2.24) is 5.32 Å². The van der Waals surface area contributed by atoms with Gasteiger partial charge in [0.25, 0.3) is 0 Å². The summed E-state index contributed by atoms with van der Waals surface area (Å²) in [4.78, 5) is 23.7. The van der Waals surface area contributed by atoms with Gasteiger partial charge in [0.1, 0.15) is 17.1 Å². The molecule has 26 heavy (non-hydrogen) atoms. The van der Waals surface area contributed by atoms with Gasteiger partial charge in [-0.25, -0.2) is 4.79 Å².